The van der Waals surface area contributed by atoms with E-state index in [0.717, 1.165) is 55.8 Å². The number of aryl methyl sites for hydroxylation is 2. The SMILES string of the molecule is CCN(CC)c1ccc(N2C(=O)C(c3ccc(C)c(C)c3)=C(N3CCCC3)C2=O)cc1. The first-order valence-corrected chi connectivity index (χ1v) is 11.3. The molecule has 0 unspecified atom stereocenters. The van der Waals surface area contributed by atoms with Gasteiger partial charge in [0.05, 0.1) is 11.3 Å². The maximum atomic E-state index is 13.6. The number of carbonyl (C=O) groups is 2. The molecule has 4 rings (SSSR count). The van der Waals surface area contributed by atoms with Gasteiger partial charge in [-0.25, -0.2) is 4.90 Å². The van der Waals surface area contributed by atoms with Gasteiger partial charge < -0.3 is 9.80 Å². The molecule has 5 heteroatoms. The monoisotopic (exact) mass is 417 g/mol. The van der Waals surface area contributed by atoms with E-state index >= 15 is 0 Å². The van der Waals surface area contributed by atoms with Gasteiger partial charge in [0.2, 0.25) is 0 Å². The number of rotatable bonds is 6. The fourth-order valence-corrected chi connectivity index (χ4v) is 4.55. The highest BCUT2D eigenvalue weighted by atomic mass is 16.2. The van der Waals surface area contributed by atoms with E-state index < -0.39 is 0 Å². The molecule has 162 valence electrons. The quantitative estimate of drug-likeness (QED) is 0.648. The number of carbonyl (C=O) groups excluding carboxylic acids is 2. The fourth-order valence-electron chi connectivity index (χ4n) is 4.55. The van der Waals surface area contributed by atoms with Crippen LogP contribution in [0.5, 0.6) is 0 Å². The first-order chi connectivity index (χ1) is 15.0. The van der Waals surface area contributed by atoms with E-state index in [9.17, 15) is 9.59 Å². The molecule has 2 aliphatic heterocycles. The standard InChI is InChI=1S/C26H31N3O2/c1-5-27(6-2)21-11-13-22(14-12-21)29-25(30)23(20-10-9-18(3)19(4)17-20)24(26(29)31)28-15-7-8-16-28/h9-14,17H,5-8,15-16H2,1-4H3. The molecule has 0 atom stereocenters. The van der Waals surface area contributed by atoms with Gasteiger partial charge >= 0.3 is 0 Å². The smallest absolute Gasteiger partial charge is 0.282 e. The van der Waals surface area contributed by atoms with Crippen molar-refractivity contribution in [1.82, 2.24) is 4.90 Å². The molecule has 0 aliphatic carbocycles. The number of hydrogen-bond donors (Lipinski definition) is 0. The average molecular weight is 418 g/mol. The van der Waals surface area contributed by atoms with Crippen molar-refractivity contribution in [3.05, 3.63) is 64.9 Å². The van der Waals surface area contributed by atoms with E-state index in [1.54, 1.807) is 0 Å². The summed E-state index contributed by atoms with van der Waals surface area (Å²) in [6.07, 6.45) is 2.09. The Labute approximate surface area is 184 Å². The van der Waals surface area contributed by atoms with E-state index in [4.69, 9.17) is 0 Å². The summed E-state index contributed by atoms with van der Waals surface area (Å²) in [6.45, 7) is 11.8. The summed E-state index contributed by atoms with van der Waals surface area (Å²) < 4.78 is 0. The Morgan fingerprint density at radius 2 is 1.48 bits per heavy atom. The predicted octanol–water partition coefficient (Wildman–Crippen LogP) is 4.53. The minimum atomic E-state index is -0.231. The zero-order valence-corrected chi connectivity index (χ0v) is 18.9. The normalized spacial score (nSPS) is 16.6. The number of amides is 2. The Bertz CT molecular complexity index is 1030. The third kappa shape index (κ3) is 3.73. The van der Waals surface area contributed by atoms with Gasteiger partial charge in [-0.1, -0.05) is 18.2 Å². The van der Waals surface area contributed by atoms with Crippen molar-refractivity contribution in [3.63, 3.8) is 0 Å². The topological polar surface area (TPSA) is 43.9 Å². The summed E-state index contributed by atoms with van der Waals surface area (Å²) in [5.41, 5.74) is 5.92. The zero-order chi connectivity index (χ0) is 22.1. The summed E-state index contributed by atoms with van der Waals surface area (Å²) in [4.78, 5) is 32.9. The molecule has 0 saturated carbocycles. The van der Waals surface area contributed by atoms with Crippen LogP contribution >= 0.6 is 0 Å². The summed E-state index contributed by atoms with van der Waals surface area (Å²) in [5, 5.41) is 0. The van der Waals surface area contributed by atoms with Crippen molar-refractivity contribution in [3.8, 4) is 0 Å². The Kier molecular flexibility index (Phi) is 5.86. The molecule has 2 aromatic carbocycles. The molecule has 1 fully saturated rings. The highest BCUT2D eigenvalue weighted by molar-refractivity contribution is 6.45. The molecule has 2 heterocycles. The molecule has 31 heavy (non-hydrogen) atoms. The van der Waals surface area contributed by atoms with E-state index in [1.807, 2.05) is 49.4 Å². The van der Waals surface area contributed by atoms with Gasteiger partial charge in [0.1, 0.15) is 5.70 Å². The van der Waals surface area contributed by atoms with E-state index in [1.165, 1.54) is 10.5 Å². The van der Waals surface area contributed by atoms with Crippen molar-refractivity contribution in [1.29, 1.82) is 0 Å². The van der Waals surface area contributed by atoms with Crippen molar-refractivity contribution >= 4 is 28.8 Å². The lowest BCUT2D eigenvalue weighted by Gasteiger charge is -2.23. The van der Waals surface area contributed by atoms with Gasteiger partial charge in [-0.3, -0.25) is 9.59 Å². The molecular weight excluding hydrogens is 386 g/mol. The minimum absolute atomic E-state index is 0.212. The van der Waals surface area contributed by atoms with Crippen LogP contribution in [0.2, 0.25) is 0 Å². The lowest BCUT2D eigenvalue weighted by molar-refractivity contribution is -0.120. The van der Waals surface area contributed by atoms with Crippen LogP contribution in [0.3, 0.4) is 0 Å². The number of nitrogens with zero attached hydrogens (tertiary/aromatic N) is 3. The van der Waals surface area contributed by atoms with Crippen molar-refractivity contribution in [2.45, 2.75) is 40.5 Å². The zero-order valence-electron chi connectivity index (χ0n) is 18.9. The van der Waals surface area contributed by atoms with Crippen LogP contribution in [-0.4, -0.2) is 42.9 Å². The van der Waals surface area contributed by atoms with Gasteiger partial charge in [0.25, 0.3) is 11.8 Å². The largest absolute Gasteiger partial charge is 0.372 e. The third-order valence-corrected chi connectivity index (χ3v) is 6.51. The van der Waals surface area contributed by atoms with Crippen LogP contribution in [0.25, 0.3) is 5.57 Å². The highest BCUT2D eigenvalue weighted by Gasteiger charge is 2.43. The number of imide groups is 1. The second kappa shape index (κ2) is 8.58. The van der Waals surface area contributed by atoms with E-state index in [0.29, 0.717) is 17.0 Å². The van der Waals surface area contributed by atoms with Gasteiger partial charge in [-0.15, -0.1) is 0 Å². The van der Waals surface area contributed by atoms with Gasteiger partial charge in [-0.2, -0.15) is 0 Å². The molecule has 0 bridgehead atoms. The molecule has 1 saturated heterocycles. The maximum Gasteiger partial charge on any atom is 0.282 e. The van der Waals surface area contributed by atoms with Crippen LogP contribution in [0.4, 0.5) is 11.4 Å². The van der Waals surface area contributed by atoms with Crippen LogP contribution in [0.15, 0.2) is 48.2 Å². The lowest BCUT2D eigenvalue weighted by atomic mass is 9.99. The Morgan fingerprint density at radius 3 is 2.06 bits per heavy atom. The highest BCUT2D eigenvalue weighted by Crippen LogP contribution is 2.37. The molecular formula is C26H31N3O2. The second-order valence-electron chi connectivity index (χ2n) is 8.35. The molecule has 2 aliphatic rings. The second-order valence-corrected chi connectivity index (χ2v) is 8.35. The van der Waals surface area contributed by atoms with Crippen LogP contribution in [0, 0.1) is 13.8 Å². The van der Waals surface area contributed by atoms with E-state index in [2.05, 4.69) is 30.6 Å². The van der Waals surface area contributed by atoms with Gasteiger partial charge in [0.15, 0.2) is 0 Å². The lowest BCUT2D eigenvalue weighted by Crippen LogP contribution is -2.34. The molecule has 2 aromatic rings. The third-order valence-electron chi connectivity index (χ3n) is 6.51. The summed E-state index contributed by atoms with van der Waals surface area (Å²) in [5.74, 6) is -0.443. The molecule has 0 radical (unpaired) electrons. The number of likely N-dealkylation sites (tertiary alicyclic amines) is 1. The predicted molar refractivity (Wildman–Crippen MR) is 126 cm³/mol. The molecule has 2 amide bonds. The van der Waals surface area contributed by atoms with Crippen LogP contribution in [-0.2, 0) is 9.59 Å². The van der Waals surface area contributed by atoms with Gasteiger partial charge in [-0.05, 0) is 81.5 Å². The summed E-state index contributed by atoms with van der Waals surface area (Å²) >= 11 is 0. The Morgan fingerprint density at radius 1 is 0.839 bits per heavy atom. The van der Waals surface area contributed by atoms with Crippen molar-refractivity contribution in [2.24, 2.45) is 0 Å². The molecule has 0 spiro atoms. The Balaban J connectivity index is 1.75. The first kappa shape index (κ1) is 21.2. The number of benzene rings is 2. The fraction of sp³-hybridized carbons (Fsp3) is 0.385. The van der Waals surface area contributed by atoms with E-state index in [-0.39, 0.29) is 11.8 Å². The number of hydrogen-bond acceptors (Lipinski definition) is 4. The summed E-state index contributed by atoms with van der Waals surface area (Å²) in [7, 11) is 0. The molecule has 0 aromatic heterocycles. The molecule has 5 nitrogen and oxygen atoms in total. The van der Waals surface area contributed by atoms with Crippen LogP contribution < -0.4 is 9.80 Å². The Hall–Kier alpha value is -3.08. The summed E-state index contributed by atoms with van der Waals surface area (Å²) in [6, 6.07) is 13.8. The average Bonchev–Trinajstić information content (AvgIpc) is 3.38. The number of anilines is 2. The van der Waals surface area contributed by atoms with Crippen LogP contribution in [0.1, 0.15) is 43.4 Å². The molecule has 0 N–H and O–H groups in total. The van der Waals surface area contributed by atoms with Crippen molar-refractivity contribution < 1.29 is 9.59 Å². The van der Waals surface area contributed by atoms with Crippen molar-refractivity contribution in [2.75, 3.05) is 36.0 Å². The minimum Gasteiger partial charge on any atom is -0.372 e. The maximum absolute atomic E-state index is 13.6. The first-order valence-electron chi connectivity index (χ1n) is 11.3. The van der Waals surface area contributed by atoms with Gasteiger partial charge in [0, 0.05) is 31.9 Å².